The van der Waals surface area contributed by atoms with E-state index in [0.29, 0.717) is 5.69 Å². The molecule has 21 heavy (non-hydrogen) atoms. The monoisotopic (exact) mass is 308 g/mol. The van der Waals surface area contributed by atoms with Crippen molar-refractivity contribution in [1.29, 1.82) is 0 Å². The summed E-state index contributed by atoms with van der Waals surface area (Å²) < 4.78 is 52.4. The van der Waals surface area contributed by atoms with Gasteiger partial charge in [0, 0.05) is 13.5 Å². The Kier molecular flexibility index (Phi) is 3.74. The van der Waals surface area contributed by atoms with Crippen LogP contribution in [0.15, 0.2) is 11.2 Å². The first-order chi connectivity index (χ1) is 9.66. The van der Waals surface area contributed by atoms with E-state index in [1.807, 2.05) is 0 Å². The quantitative estimate of drug-likeness (QED) is 0.852. The normalized spacial score (nSPS) is 22.3. The van der Waals surface area contributed by atoms with Crippen molar-refractivity contribution >= 4 is 11.6 Å². The summed E-state index contributed by atoms with van der Waals surface area (Å²) in [5.41, 5.74) is -3.77. The molecule has 2 heterocycles. The summed E-state index contributed by atoms with van der Waals surface area (Å²) in [6, 6.07) is 1.28. The lowest BCUT2D eigenvalue weighted by atomic mass is 10.1. The predicted octanol–water partition coefficient (Wildman–Crippen LogP) is 1.15. The molecule has 0 saturated heterocycles. The number of aryl methyl sites for hydroxylation is 2. The van der Waals surface area contributed by atoms with E-state index in [-0.39, 0.29) is 10.7 Å². The van der Waals surface area contributed by atoms with Crippen molar-refractivity contribution in [1.82, 2.24) is 14.8 Å². The Bertz CT molecular complexity index is 601. The van der Waals surface area contributed by atoms with Crippen LogP contribution in [0.2, 0.25) is 0 Å². The Morgan fingerprint density at radius 3 is 2.48 bits per heavy atom. The molecule has 0 unspecified atom stereocenters. The van der Waals surface area contributed by atoms with Crippen molar-refractivity contribution in [3.8, 4) is 0 Å². The Morgan fingerprint density at radius 2 is 2.05 bits per heavy atom. The first kappa shape index (κ1) is 15.4. The molecule has 0 aliphatic carbocycles. The van der Waals surface area contributed by atoms with E-state index in [1.165, 1.54) is 13.1 Å². The molecule has 116 valence electrons. The molecule has 1 N–H and O–H groups in total. The highest BCUT2D eigenvalue weighted by atomic mass is 19.3. The largest absolute Gasteiger partial charge is 0.364 e. The number of hydrogen-bond acceptors (Lipinski definition) is 4. The lowest BCUT2D eigenvalue weighted by molar-refractivity contribution is -0.164. The molecule has 0 spiro atoms. The summed E-state index contributed by atoms with van der Waals surface area (Å²) in [4.78, 5) is 12.2. The second-order valence-electron chi connectivity index (χ2n) is 4.66. The van der Waals surface area contributed by atoms with Crippen molar-refractivity contribution < 1.29 is 27.5 Å². The Balaban J connectivity index is 2.43. The first-order valence-electron chi connectivity index (χ1n) is 5.88. The molecule has 1 aliphatic heterocycles. The van der Waals surface area contributed by atoms with Gasteiger partial charge in [-0.15, -0.1) is 0 Å². The van der Waals surface area contributed by atoms with Gasteiger partial charge in [-0.2, -0.15) is 15.2 Å². The summed E-state index contributed by atoms with van der Waals surface area (Å²) in [6.45, 7) is 1.56. The lowest BCUT2D eigenvalue weighted by Gasteiger charge is -2.29. The van der Waals surface area contributed by atoms with Crippen molar-refractivity contribution in [3.63, 3.8) is 0 Å². The molecule has 1 aliphatic rings. The zero-order valence-corrected chi connectivity index (χ0v) is 11.1. The van der Waals surface area contributed by atoms with Gasteiger partial charge in [-0.3, -0.25) is 9.48 Å². The number of carbonyl (C=O) groups is 1. The van der Waals surface area contributed by atoms with Gasteiger partial charge in [0.15, 0.2) is 0 Å². The summed E-state index contributed by atoms with van der Waals surface area (Å²) >= 11 is 0. The summed E-state index contributed by atoms with van der Waals surface area (Å²) in [5.74, 6) is -1.13. The minimum Gasteiger partial charge on any atom is -0.364 e. The molecule has 6 nitrogen and oxygen atoms in total. The maximum atomic E-state index is 13.0. The zero-order chi connectivity index (χ0) is 15.9. The van der Waals surface area contributed by atoms with Crippen molar-refractivity contribution in [2.75, 3.05) is 0 Å². The lowest BCUT2D eigenvalue weighted by Crippen LogP contribution is -2.52. The number of nitrogens with zero attached hydrogens (tertiary/aromatic N) is 4. The summed E-state index contributed by atoms with van der Waals surface area (Å²) in [7, 11) is 1.38. The fourth-order valence-corrected chi connectivity index (χ4v) is 2.02. The SMILES string of the molecule is Cc1cc(C(=O)N2N=C(C(F)F)C[C@@]2(O)C(F)F)n(C)n1. The van der Waals surface area contributed by atoms with Crippen LogP contribution in [0.3, 0.4) is 0 Å². The maximum absolute atomic E-state index is 13.0. The molecule has 0 saturated carbocycles. The maximum Gasteiger partial charge on any atom is 0.295 e. The van der Waals surface area contributed by atoms with Gasteiger partial charge in [-0.05, 0) is 13.0 Å². The molecule has 0 radical (unpaired) electrons. The molecule has 0 bridgehead atoms. The molecular weight excluding hydrogens is 296 g/mol. The Labute approximate surface area is 116 Å². The van der Waals surface area contributed by atoms with Gasteiger partial charge in [-0.1, -0.05) is 0 Å². The van der Waals surface area contributed by atoms with E-state index in [2.05, 4.69) is 10.2 Å². The van der Waals surface area contributed by atoms with Crippen molar-refractivity contribution in [2.45, 2.75) is 31.9 Å². The van der Waals surface area contributed by atoms with Crippen LogP contribution in [0.1, 0.15) is 22.6 Å². The highest BCUT2D eigenvalue weighted by molar-refractivity contribution is 5.98. The number of hydrazone groups is 1. The van der Waals surface area contributed by atoms with Crippen LogP contribution in [-0.4, -0.2) is 50.1 Å². The zero-order valence-electron chi connectivity index (χ0n) is 11.1. The van der Waals surface area contributed by atoms with E-state index in [4.69, 9.17) is 0 Å². The number of aliphatic hydroxyl groups is 1. The van der Waals surface area contributed by atoms with Gasteiger partial charge in [-0.25, -0.2) is 17.6 Å². The van der Waals surface area contributed by atoms with Gasteiger partial charge in [0.2, 0.25) is 5.72 Å². The minimum atomic E-state index is -3.45. The van der Waals surface area contributed by atoms with Gasteiger partial charge < -0.3 is 5.11 Å². The molecule has 0 aromatic carbocycles. The molecule has 1 aromatic rings. The van der Waals surface area contributed by atoms with Crippen molar-refractivity contribution in [3.05, 3.63) is 17.5 Å². The fourth-order valence-electron chi connectivity index (χ4n) is 2.02. The van der Waals surface area contributed by atoms with Crippen LogP contribution in [0.4, 0.5) is 17.6 Å². The van der Waals surface area contributed by atoms with Gasteiger partial charge in [0.05, 0.1) is 5.69 Å². The number of hydrogen-bond donors (Lipinski definition) is 1. The Morgan fingerprint density at radius 1 is 1.43 bits per heavy atom. The van der Waals surface area contributed by atoms with Crippen LogP contribution in [0.5, 0.6) is 0 Å². The van der Waals surface area contributed by atoms with E-state index >= 15 is 0 Å². The van der Waals surface area contributed by atoms with E-state index in [9.17, 15) is 27.5 Å². The fraction of sp³-hybridized carbons (Fsp3) is 0.545. The van der Waals surface area contributed by atoms with Gasteiger partial charge in [0.1, 0.15) is 11.4 Å². The van der Waals surface area contributed by atoms with Crippen molar-refractivity contribution in [2.24, 2.45) is 12.1 Å². The second-order valence-corrected chi connectivity index (χ2v) is 4.66. The van der Waals surface area contributed by atoms with Crippen LogP contribution >= 0.6 is 0 Å². The predicted molar refractivity (Wildman–Crippen MR) is 63.1 cm³/mol. The first-order valence-corrected chi connectivity index (χ1v) is 5.88. The van der Waals surface area contributed by atoms with E-state index in [0.717, 1.165) is 4.68 Å². The number of alkyl halides is 4. The average molecular weight is 308 g/mol. The topological polar surface area (TPSA) is 70.7 Å². The summed E-state index contributed by atoms with van der Waals surface area (Å²) in [5, 5.41) is 16.9. The average Bonchev–Trinajstić information content (AvgIpc) is 2.90. The minimum absolute atomic E-state index is 0.00954. The number of amides is 1. The Hall–Kier alpha value is -1.97. The third-order valence-electron chi connectivity index (χ3n) is 3.05. The second kappa shape index (κ2) is 5.10. The number of aromatic nitrogens is 2. The number of halogens is 4. The number of rotatable bonds is 3. The van der Waals surface area contributed by atoms with Gasteiger partial charge >= 0.3 is 0 Å². The smallest absolute Gasteiger partial charge is 0.295 e. The van der Waals surface area contributed by atoms with Crippen LogP contribution < -0.4 is 0 Å². The molecule has 0 fully saturated rings. The molecule has 1 atom stereocenters. The summed E-state index contributed by atoms with van der Waals surface area (Å²) in [6.07, 6.45) is -7.69. The van der Waals surface area contributed by atoms with Crippen LogP contribution in [0.25, 0.3) is 0 Å². The van der Waals surface area contributed by atoms with Crippen LogP contribution in [0, 0.1) is 6.92 Å². The molecular formula is C11H12F4N4O2. The highest BCUT2D eigenvalue weighted by Gasteiger charge is 2.53. The van der Waals surface area contributed by atoms with Crippen LogP contribution in [-0.2, 0) is 7.05 Å². The standard InChI is InChI=1S/C11H12F4N4O2/c1-5-3-7(18(2)16-5)9(20)19-11(21,10(14)15)4-6(17-19)8(12)13/h3,8,10,21H,4H2,1-2H3/t11-/m1/s1. The molecule has 10 heteroatoms. The van der Waals surface area contributed by atoms with E-state index in [1.54, 1.807) is 6.92 Å². The molecule has 2 rings (SSSR count). The molecule has 1 aromatic heterocycles. The van der Waals surface area contributed by atoms with E-state index < -0.39 is 36.6 Å². The van der Waals surface area contributed by atoms with Gasteiger partial charge in [0.25, 0.3) is 18.8 Å². The third kappa shape index (κ3) is 2.50. The molecule has 1 amide bonds. The number of carbonyl (C=O) groups excluding carboxylic acids is 1. The highest BCUT2D eigenvalue weighted by Crippen LogP contribution is 2.34. The third-order valence-corrected chi connectivity index (χ3v) is 3.05.